The van der Waals surface area contributed by atoms with Crippen molar-refractivity contribution < 1.29 is 27.4 Å². The van der Waals surface area contributed by atoms with Gasteiger partial charge in [-0.3, -0.25) is 4.79 Å². The second-order valence-electron chi connectivity index (χ2n) is 12.6. The minimum Gasteiger partial charge on any atom is -0.487 e. The number of anilines is 1. The number of methoxy groups -OCH3 is 1. The van der Waals surface area contributed by atoms with Gasteiger partial charge in [0.2, 0.25) is 10.0 Å². The summed E-state index contributed by atoms with van der Waals surface area (Å²) in [5.74, 6) is 0.815. The van der Waals surface area contributed by atoms with Crippen LogP contribution in [0.3, 0.4) is 0 Å². The smallest absolute Gasteiger partial charge is 0.264 e. The van der Waals surface area contributed by atoms with Crippen LogP contribution in [0.5, 0.6) is 5.75 Å². The fraction of sp³-hybridized carbons (Fsp3) is 0.559. The number of nitrogens with one attached hydrogen (secondary N) is 1. The van der Waals surface area contributed by atoms with Gasteiger partial charge in [-0.05, 0) is 111 Å². The molecule has 4 aliphatic rings. The van der Waals surface area contributed by atoms with E-state index in [1.54, 1.807) is 13.2 Å². The molecule has 0 saturated heterocycles. The fourth-order valence-electron chi connectivity index (χ4n) is 7.07. The van der Waals surface area contributed by atoms with Crippen molar-refractivity contribution in [3.05, 3.63) is 70.3 Å². The first kappa shape index (κ1) is 31.4. The Morgan fingerprint density at radius 2 is 1.89 bits per heavy atom. The zero-order chi connectivity index (χ0) is 30.7. The molecule has 238 valence electrons. The van der Waals surface area contributed by atoms with Gasteiger partial charge in [0.05, 0.1) is 30.3 Å². The number of aryl methyl sites for hydroxylation is 1. The van der Waals surface area contributed by atoms with E-state index in [9.17, 15) is 13.2 Å². The fourth-order valence-corrected chi connectivity index (χ4v) is 9.00. The summed E-state index contributed by atoms with van der Waals surface area (Å²) < 4.78 is 47.1. The molecule has 2 saturated carbocycles. The van der Waals surface area contributed by atoms with Crippen LogP contribution in [0.4, 0.5) is 5.69 Å². The van der Waals surface area contributed by atoms with Crippen molar-refractivity contribution in [2.45, 2.75) is 69.3 Å². The van der Waals surface area contributed by atoms with Crippen LogP contribution in [0.2, 0.25) is 5.02 Å². The minimum absolute atomic E-state index is 0.0182. The second kappa shape index (κ2) is 13.8. The predicted molar refractivity (Wildman–Crippen MR) is 172 cm³/mol. The van der Waals surface area contributed by atoms with E-state index in [-0.39, 0.29) is 12.0 Å². The van der Waals surface area contributed by atoms with Gasteiger partial charge in [0.15, 0.2) is 0 Å². The van der Waals surface area contributed by atoms with Gasteiger partial charge < -0.3 is 19.1 Å². The maximum absolute atomic E-state index is 13.4. The molecule has 2 heterocycles. The SMILES string of the molecule is COCCO[C@H]1/C=C/C[C@@H]2CC[C@H]2S(=O)(=O)NC(=O)c2ccc3c(c2)N(CCCCc2cc(Cl)ccc2CO3)C[C@@H]2CC[C@H]21. The zero-order valence-corrected chi connectivity index (χ0v) is 27.0. The first-order chi connectivity index (χ1) is 21.3. The predicted octanol–water partition coefficient (Wildman–Crippen LogP) is 5.92. The number of fused-ring (bicyclic) bond motifs is 4. The minimum atomic E-state index is -3.83. The molecule has 1 N–H and O–H groups in total. The third-order valence-electron chi connectivity index (χ3n) is 9.93. The number of halogens is 1. The molecule has 10 heteroatoms. The van der Waals surface area contributed by atoms with Gasteiger partial charge >= 0.3 is 0 Å². The van der Waals surface area contributed by atoms with Crippen LogP contribution in [0.15, 0.2) is 48.6 Å². The summed E-state index contributed by atoms with van der Waals surface area (Å²) >= 11 is 6.34. The maximum atomic E-state index is 13.4. The number of sulfonamides is 1. The highest BCUT2D eigenvalue weighted by Gasteiger charge is 2.42. The number of hydrogen-bond acceptors (Lipinski definition) is 7. The summed E-state index contributed by atoms with van der Waals surface area (Å²) in [5.41, 5.74) is 3.42. The van der Waals surface area contributed by atoms with Crippen molar-refractivity contribution in [1.82, 2.24) is 4.72 Å². The topological polar surface area (TPSA) is 94.2 Å². The molecule has 2 aromatic rings. The molecule has 6 rings (SSSR count). The number of carbonyl (C=O) groups is 1. The van der Waals surface area contributed by atoms with Gasteiger partial charge in [0.25, 0.3) is 5.91 Å². The Labute approximate surface area is 266 Å². The Kier molecular flexibility index (Phi) is 9.86. The van der Waals surface area contributed by atoms with E-state index in [2.05, 4.69) is 21.8 Å². The second-order valence-corrected chi connectivity index (χ2v) is 15.0. The Morgan fingerprint density at radius 3 is 2.66 bits per heavy atom. The van der Waals surface area contributed by atoms with Crippen LogP contribution in [-0.4, -0.2) is 59.1 Å². The van der Waals surface area contributed by atoms with Crippen molar-refractivity contribution >= 4 is 33.2 Å². The zero-order valence-electron chi connectivity index (χ0n) is 25.4. The third-order valence-corrected chi connectivity index (χ3v) is 12.1. The number of ether oxygens (including phenoxy) is 3. The summed E-state index contributed by atoms with van der Waals surface area (Å²) in [6.07, 6.45) is 11.2. The van der Waals surface area contributed by atoms with Crippen molar-refractivity contribution in [2.24, 2.45) is 17.8 Å². The largest absolute Gasteiger partial charge is 0.487 e. The lowest BCUT2D eigenvalue weighted by Gasteiger charge is -2.44. The van der Waals surface area contributed by atoms with E-state index >= 15 is 0 Å². The average Bonchev–Trinajstić information content (AvgIpc) is 2.99. The number of hydrogen-bond donors (Lipinski definition) is 1. The molecule has 2 aliphatic carbocycles. The van der Waals surface area contributed by atoms with E-state index in [4.69, 9.17) is 25.8 Å². The first-order valence-corrected chi connectivity index (χ1v) is 17.9. The van der Waals surface area contributed by atoms with Crippen LogP contribution in [0.1, 0.15) is 66.4 Å². The molecule has 2 bridgehead atoms. The molecule has 0 spiro atoms. The lowest BCUT2D eigenvalue weighted by Crippen LogP contribution is -2.47. The van der Waals surface area contributed by atoms with Crippen LogP contribution in [0, 0.1) is 17.8 Å². The van der Waals surface area contributed by atoms with E-state index in [1.165, 1.54) is 5.56 Å². The average molecular weight is 643 g/mol. The van der Waals surface area contributed by atoms with Crippen LogP contribution < -0.4 is 14.4 Å². The van der Waals surface area contributed by atoms with Crippen LogP contribution in [-0.2, 0) is 32.5 Å². The summed E-state index contributed by atoms with van der Waals surface area (Å²) in [6, 6.07) is 11.2. The van der Waals surface area contributed by atoms with Crippen molar-refractivity contribution in [1.29, 1.82) is 0 Å². The van der Waals surface area contributed by atoms with Gasteiger partial charge in [-0.1, -0.05) is 29.8 Å². The lowest BCUT2D eigenvalue weighted by molar-refractivity contribution is -0.0308. The van der Waals surface area contributed by atoms with Crippen molar-refractivity contribution in [2.75, 3.05) is 38.3 Å². The van der Waals surface area contributed by atoms with Gasteiger partial charge in [-0.25, -0.2) is 13.1 Å². The quantitative estimate of drug-likeness (QED) is 0.327. The number of nitrogens with zero attached hydrogens (tertiary/aromatic N) is 1. The molecule has 8 nitrogen and oxygen atoms in total. The lowest BCUT2D eigenvalue weighted by atomic mass is 9.70. The molecule has 2 aromatic carbocycles. The maximum Gasteiger partial charge on any atom is 0.264 e. The molecular formula is C34H43ClN2O6S. The normalized spacial score (nSPS) is 29.2. The molecule has 0 aromatic heterocycles. The van der Waals surface area contributed by atoms with Crippen LogP contribution >= 0.6 is 11.6 Å². The molecule has 5 atom stereocenters. The van der Waals surface area contributed by atoms with Crippen molar-refractivity contribution in [3.8, 4) is 5.75 Å². The molecule has 2 aliphatic heterocycles. The van der Waals surface area contributed by atoms with Gasteiger partial charge in [-0.15, -0.1) is 0 Å². The van der Waals surface area contributed by atoms with Gasteiger partial charge in [0, 0.05) is 30.8 Å². The highest BCUT2D eigenvalue weighted by Crippen LogP contribution is 2.42. The Hall–Kier alpha value is -2.59. The Bertz CT molecular complexity index is 1480. The van der Waals surface area contributed by atoms with E-state index in [0.29, 0.717) is 55.8 Å². The van der Waals surface area contributed by atoms with Crippen molar-refractivity contribution in [3.63, 3.8) is 0 Å². The molecule has 44 heavy (non-hydrogen) atoms. The molecular weight excluding hydrogens is 600 g/mol. The highest BCUT2D eigenvalue weighted by atomic mass is 35.5. The summed E-state index contributed by atoms with van der Waals surface area (Å²) in [4.78, 5) is 15.7. The van der Waals surface area contributed by atoms with Crippen LogP contribution in [0.25, 0.3) is 0 Å². The number of carbonyl (C=O) groups excluding carboxylic acids is 1. The highest BCUT2D eigenvalue weighted by molar-refractivity contribution is 7.90. The van der Waals surface area contributed by atoms with E-state index < -0.39 is 21.2 Å². The standard InChI is InChI=1S/C34H43ClN2O6S/c1-41-17-18-42-31-7-4-6-23-11-15-33(23)44(39,40)36-34(38)25-10-14-32-30(20-25)37(21-26-9-13-29(26)31)16-3-2-5-24-19-28(35)12-8-27(24)22-43-32/h4,7-8,10,12,14,19-20,23,26,29,31,33H,2-3,5-6,9,11,13,15-18,21-22H2,1H3,(H,36,38)/b7-4+/t23-,26+,29-,31+,33-/m1/s1. The summed E-state index contributed by atoms with van der Waals surface area (Å²) in [7, 11) is -2.15. The number of benzene rings is 2. The molecule has 0 unspecified atom stereocenters. The number of allylic oxidation sites excluding steroid dienone is 1. The molecule has 0 radical (unpaired) electrons. The number of rotatable bonds is 4. The summed E-state index contributed by atoms with van der Waals surface area (Å²) in [5, 5.41) is 0.137. The van der Waals surface area contributed by atoms with Gasteiger partial charge in [-0.2, -0.15) is 0 Å². The third kappa shape index (κ3) is 6.96. The van der Waals surface area contributed by atoms with E-state index in [0.717, 1.165) is 67.9 Å². The molecule has 2 fully saturated rings. The Morgan fingerprint density at radius 1 is 1.02 bits per heavy atom. The van der Waals surface area contributed by atoms with E-state index in [1.807, 2.05) is 30.3 Å². The Balaban J connectivity index is 1.36. The number of amides is 1. The molecule has 1 amide bonds. The monoisotopic (exact) mass is 642 g/mol. The first-order valence-electron chi connectivity index (χ1n) is 15.9. The van der Waals surface area contributed by atoms with Gasteiger partial charge in [0.1, 0.15) is 12.4 Å². The summed E-state index contributed by atoms with van der Waals surface area (Å²) in [6.45, 7) is 3.00.